The van der Waals surface area contributed by atoms with Crippen molar-refractivity contribution >= 4 is 11.9 Å². The highest BCUT2D eigenvalue weighted by Gasteiger charge is 2.10. The van der Waals surface area contributed by atoms with Crippen LogP contribution < -0.4 is 5.32 Å². The molecule has 0 bridgehead atoms. The van der Waals surface area contributed by atoms with Gasteiger partial charge in [0.25, 0.3) is 5.91 Å². The van der Waals surface area contributed by atoms with Gasteiger partial charge in [0.15, 0.2) is 5.69 Å². The van der Waals surface area contributed by atoms with E-state index in [1.807, 2.05) is 0 Å². The van der Waals surface area contributed by atoms with Crippen LogP contribution in [-0.2, 0) is 4.74 Å². The van der Waals surface area contributed by atoms with Crippen molar-refractivity contribution in [2.75, 3.05) is 19.8 Å². The third kappa shape index (κ3) is 5.75. The Morgan fingerprint density at radius 1 is 1.30 bits per heavy atom. The summed E-state index contributed by atoms with van der Waals surface area (Å²) in [6, 6.07) is 0. The van der Waals surface area contributed by atoms with Gasteiger partial charge < -0.3 is 15.2 Å². The predicted molar refractivity (Wildman–Crippen MR) is 71.6 cm³/mol. The fourth-order valence-electron chi connectivity index (χ4n) is 1.34. The first kappa shape index (κ1) is 16.0. The normalized spacial score (nSPS) is 10.6. The van der Waals surface area contributed by atoms with Gasteiger partial charge >= 0.3 is 5.97 Å². The highest BCUT2D eigenvalue weighted by atomic mass is 16.5. The molecule has 7 nitrogen and oxygen atoms in total. The molecule has 0 fully saturated rings. The van der Waals surface area contributed by atoms with Gasteiger partial charge in [-0.05, 0) is 12.3 Å². The fourth-order valence-corrected chi connectivity index (χ4v) is 1.34. The number of carboxylic acid groups (broad SMARTS) is 1. The molecule has 0 aromatic carbocycles. The Labute approximate surface area is 117 Å². The summed E-state index contributed by atoms with van der Waals surface area (Å²) in [5, 5.41) is 11.3. The zero-order valence-corrected chi connectivity index (χ0v) is 11.6. The van der Waals surface area contributed by atoms with Gasteiger partial charge in [0, 0.05) is 19.8 Å². The van der Waals surface area contributed by atoms with Crippen molar-refractivity contribution in [2.45, 2.75) is 20.3 Å². The standard InChI is InChI=1S/C13H19N3O4/c1-9(2)8-20-5-3-4-14-12(17)10-6-16-11(7-15-10)13(18)19/h6-7,9H,3-5,8H2,1-2H3,(H,14,17)(H,18,19). The SMILES string of the molecule is CC(C)COCCCNC(=O)c1cnc(C(=O)O)cn1. The van der Waals surface area contributed by atoms with Gasteiger partial charge in [0.05, 0.1) is 12.4 Å². The molecular formula is C13H19N3O4. The molecule has 0 aliphatic heterocycles. The Morgan fingerprint density at radius 2 is 1.95 bits per heavy atom. The largest absolute Gasteiger partial charge is 0.476 e. The van der Waals surface area contributed by atoms with E-state index in [4.69, 9.17) is 9.84 Å². The number of carboxylic acids is 1. The summed E-state index contributed by atoms with van der Waals surface area (Å²) in [5.41, 5.74) is -0.0956. The number of hydrogen-bond donors (Lipinski definition) is 2. The molecule has 2 N–H and O–H groups in total. The fraction of sp³-hybridized carbons (Fsp3) is 0.538. The van der Waals surface area contributed by atoms with E-state index in [0.29, 0.717) is 32.1 Å². The molecule has 1 amide bonds. The van der Waals surface area contributed by atoms with E-state index in [0.717, 1.165) is 12.4 Å². The van der Waals surface area contributed by atoms with Crippen LogP contribution in [0.5, 0.6) is 0 Å². The number of nitrogens with one attached hydrogen (secondary N) is 1. The number of aromatic carboxylic acids is 1. The van der Waals surface area contributed by atoms with Crippen LogP contribution in [0.4, 0.5) is 0 Å². The smallest absolute Gasteiger partial charge is 0.356 e. The Bertz CT molecular complexity index is 445. The number of rotatable bonds is 8. The van der Waals surface area contributed by atoms with E-state index < -0.39 is 5.97 Å². The molecule has 0 radical (unpaired) electrons. The van der Waals surface area contributed by atoms with Crippen molar-refractivity contribution in [1.29, 1.82) is 0 Å². The molecule has 1 rings (SSSR count). The van der Waals surface area contributed by atoms with E-state index in [2.05, 4.69) is 29.1 Å². The molecule has 0 saturated carbocycles. The number of aromatic nitrogens is 2. The van der Waals surface area contributed by atoms with Gasteiger partial charge in [-0.15, -0.1) is 0 Å². The first-order valence-corrected chi connectivity index (χ1v) is 6.42. The molecule has 0 unspecified atom stereocenters. The first-order valence-electron chi connectivity index (χ1n) is 6.42. The minimum Gasteiger partial charge on any atom is -0.476 e. The van der Waals surface area contributed by atoms with Gasteiger partial charge in [-0.3, -0.25) is 4.79 Å². The van der Waals surface area contributed by atoms with Crippen LogP contribution in [0.25, 0.3) is 0 Å². The maximum absolute atomic E-state index is 11.7. The zero-order valence-electron chi connectivity index (χ0n) is 11.6. The lowest BCUT2D eigenvalue weighted by Gasteiger charge is -2.07. The third-order valence-corrected chi connectivity index (χ3v) is 2.31. The van der Waals surface area contributed by atoms with Crippen molar-refractivity contribution in [3.8, 4) is 0 Å². The molecule has 0 saturated heterocycles. The maximum atomic E-state index is 11.7. The molecule has 20 heavy (non-hydrogen) atoms. The minimum atomic E-state index is -1.17. The highest BCUT2D eigenvalue weighted by molar-refractivity contribution is 5.92. The van der Waals surface area contributed by atoms with E-state index >= 15 is 0 Å². The molecule has 1 aromatic rings. The summed E-state index contributed by atoms with van der Waals surface area (Å²) in [7, 11) is 0. The van der Waals surface area contributed by atoms with Crippen molar-refractivity contribution in [1.82, 2.24) is 15.3 Å². The Kier molecular flexibility index (Phi) is 6.58. The van der Waals surface area contributed by atoms with E-state index in [9.17, 15) is 9.59 Å². The molecule has 7 heteroatoms. The quantitative estimate of drug-likeness (QED) is 0.688. The summed E-state index contributed by atoms with van der Waals surface area (Å²) in [6.07, 6.45) is 2.91. The van der Waals surface area contributed by atoms with Crippen molar-refractivity contribution in [3.05, 3.63) is 23.8 Å². The lowest BCUT2D eigenvalue weighted by Crippen LogP contribution is -2.26. The molecule has 0 atom stereocenters. The number of nitrogens with zero attached hydrogens (tertiary/aromatic N) is 2. The lowest BCUT2D eigenvalue weighted by molar-refractivity contribution is 0.0689. The van der Waals surface area contributed by atoms with Crippen LogP contribution in [0.15, 0.2) is 12.4 Å². The van der Waals surface area contributed by atoms with E-state index in [-0.39, 0.29) is 17.3 Å². The number of carbonyl (C=O) groups is 2. The summed E-state index contributed by atoms with van der Waals surface area (Å²) in [5.74, 6) is -1.06. The van der Waals surface area contributed by atoms with Gasteiger partial charge in [0.1, 0.15) is 5.69 Å². The van der Waals surface area contributed by atoms with Gasteiger partial charge in [-0.25, -0.2) is 14.8 Å². The number of ether oxygens (including phenoxy) is 1. The summed E-state index contributed by atoms with van der Waals surface area (Å²) in [4.78, 5) is 29.6. The van der Waals surface area contributed by atoms with Gasteiger partial charge in [-0.2, -0.15) is 0 Å². The van der Waals surface area contributed by atoms with E-state index in [1.165, 1.54) is 0 Å². The molecule has 1 heterocycles. The molecular weight excluding hydrogens is 262 g/mol. The van der Waals surface area contributed by atoms with Crippen LogP contribution in [0, 0.1) is 5.92 Å². The van der Waals surface area contributed by atoms with Crippen LogP contribution >= 0.6 is 0 Å². The van der Waals surface area contributed by atoms with E-state index in [1.54, 1.807) is 0 Å². The highest BCUT2D eigenvalue weighted by Crippen LogP contribution is 1.96. The molecule has 0 aliphatic rings. The van der Waals surface area contributed by atoms with Crippen LogP contribution in [0.3, 0.4) is 0 Å². The first-order chi connectivity index (χ1) is 9.50. The average molecular weight is 281 g/mol. The second-order valence-corrected chi connectivity index (χ2v) is 4.67. The lowest BCUT2D eigenvalue weighted by atomic mass is 10.2. The number of hydrogen-bond acceptors (Lipinski definition) is 5. The minimum absolute atomic E-state index is 0.0955. The third-order valence-electron chi connectivity index (χ3n) is 2.31. The number of carbonyl (C=O) groups excluding carboxylic acids is 1. The van der Waals surface area contributed by atoms with Crippen molar-refractivity contribution < 1.29 is 19.4 Å². The monoisotopic (exact) mass is 281 g/mol. The molecule has 110 valence electrons. The Balaban J connectivity index is 2.27. The molecule has 0 spiro atoms. The second-order valence-electron chi connectivity index (χ2n) is 4.67. The van der Waals surface area contributed by atoms with Crippen LogP contribution in [-0.4, -0.2) is 46.7 Å². The van der Waals surface area contributed by atoms with Crippen molar-refractivity contribution in [2.24, 2.45) is 5.92 Å². The predicted octanol–water partition coefficient (Wildman–Crippen LogP) is 0.967. The Hall–Kier alpha value is -2.02. The second kappa shape index (κ2) is 8.21. The van der Waals surface area contributed by atoms with Crippen LogP contribution in [0.2, 0.25) is 0 Å². The number of amides is 1. The van der Waals surface area contributed by atoms with Crippen LogP contribution in [0.1, 0.15) is 41.2 Å². The topological polar surface area (TPSA) is 101 Å². The molecule has 0 aliphatic carbocycles. The van der Waals surface area contributed by atoms with Gasteiger partial charge in [0.2, 0.25) is 0 Å². The summed E-state index contributed by atoms with van der Waals surface area (Å²) < 4.78 is 5.38. The van der Waals surface area contributed by atoms with Crippen molar-refractivity contribution in [3.63, 3.8) is 0 Å². The zero-order chi connectivity index (χ0) is 15.0. The van der Waals surface area contributed by atoms with Gasteiger partial charge in [-0.1, -0.05) is 13.8 Å². The maximum Gasteiger partial charge on any atom is 0.356 e. The summed E-state index contributed by atoms with van der Waals surface area (Å²) in [6.45, 7) is 5.90. The summed E-state index contributed by atoms with van der Waals surface area (Å²) >= 11 is 0. The Morgan fingerprint density at radius 3 is 2.50 bits per heavy atom. The molecule has 1 aromatic heterocycles. The average Bonchev–Trinajstić information content (AvgIpc) is 2.42.